The van der Waals surface area contributed by atoms with Crippen LogP contribution in [0.15, 0.2) is 29.2 Å². The molecule has 0 radical (unpaired) electrons. The minimum atomic E-state index is -5.01. The molecule has 10 heteroatoms. The number of sulfonamides is 1. The molecule has 1 aromatic rings. The quantitative estimate of drug-likeness (QED) is 0.696. The highest BCUT2D eigenvalue weighted by atomic mass is 32.2. The van der Waals surface area contributed by atoms with E-state index in [4.69, 9.17) is 5.14 Å². The molecular formula is C8H8F3N3O3S. The van der Waals surface area contributed by atoms with Crippen LogP contribution in [0.25, 0.3) is 0 Å². The van der Waals surface area contributed by atoms with Gasteiger partial charge in [0.2, 0.25) is 10.0 Å². The zero-order valence-electron chi connectivity index (χ0n) is 8.65. The molecule has 0 saturated heterocycles. The normalized spacial score (nSPS) is 12.0. The van der Waals surface area contributed by atoms with E-state index in [0.29, 0.717) is 0 Å². The van der Waals surface area contributed by atoms with Crippen molar-refractivity contribution in [3.05, 3.63) is 24.3 Å². The van der Waals surface area contributed by atoms with Crippen LogP contribution in [0.4, 0.5) is 18.9 Å². The Kier molecular flexibility index (Phi) is 3.82. The molecule has 100 valence electrons. The average Bonchev–Trinajstić information content (AvgIpc) is 2.24. The molecule has 0 bridgehead atoms. The van der Waals surface area contributed by atoms with E-state index < -0.39 is 22.1 Å². The summed E-state index contributed by atoms with van der Waals surface area (Å²) in [6.07, 6.45) is -5.01. The maximum absolute atomic E-state index is 11.8. The molecule has 0 atom stereocenters. The third-order valence-corrected chi connectivity index (χ3v) is 2.69. The van der Waals surface area contributed by atoms with E-state index in [-0.39, 0.29) is 10.6 Å². The summed E-state index contributed by atoms with van der Waals surface area (Å²) in [5, 5.41) is 4.82. The Bertz CT molecular complexity index is 539. The summed E-state index contributed by atoms with van der Waals surface area (Å²) in [5.41, 5.74) is 3.45. The fourth-order valence-electron chi connectivity index (χ4n) is 0.928. The SMILES string of the molecule is NS(=O)(=O)c1ccc(NNC(=O)C(F)(F)F)cc1. The molecule has 0 aliphatic carbocycles. The molecule has 0 aromatic heterocycles. The smallest absolute Gasteiger partial charge is 0.298 e. The number of anilines is 1. The number of nitrogens with two attached hydrogens (primary N) is 1. The van der Waals surface area contributed by atoms with Crippen molar-refractivity contribution in [3.63, 3.8) is 0 Å². The molecule has 0 unspecified atom stereocenters. The van der Waals surface area contributed by atoms with Crippen LogP contribution in [0.5, 0.6) is 0 Å². The van der Waals surface area contributed by atoms with Gasteiger partial charge < -0.3 is 0 Å². The van der Waals surface area contributed by atoms with Crippen LogP contribution in [-0.4, -0.2) is 20.5 Å². The number of primary sulfonamides is 1. The van der Waals surface area contributed by atoms with Crippen molar-refractivity contribution in [2.75, 3.05) is 5.43 Å². The molecule has 4 N–H and O–H groups in total. The molecule has 0 spiro atoms. The average molecular weight is 283 g/mol. The van der Waals surface area contributed by atoms with Crippen molar-refractivity contribution in [1.82, 2.24) is 5.43 Å². The van der Waals surface area contributed by atoms with Crippen LogP contribution in [0.2, 0.25) is 0 Å². The van der Waals surface area contributed by atoms with Crippen LogP contribution >= 0.6 is 0 Å². The largest absolute Gasteiger partial charge is 0.472 e. The third kappa shape index (κ3) is 3.89. The number of carbonyl (C=O) groups is 1. The summed E-state index contributed by atoms with van der Waals surface area (Å²) in [4.78, 5) is 10.3. The Morgan fingerprint density at radius 1 is 1.17 bits per heavy atom. The van der Waals surface area contributed by atoms with Gasteiger partial charge in [-0.3, -0.25) is 15.6 Å². The van der Waals surface area contributed by atoms with Crippen molar-refractivity contribution in [3.8, 4) is 0 Å². The molecular weight excluding hydrogens is 275 g/mol. The number of halogens is 3. The Morgan fingerprint density at radius 3 is 2.06 bits per heavy atom. The van der Waals surface area contributed by atoms with Crippen LogP contribution in [0.1, 0.15) is 0 Å². The highest BCUT2D eigenvalue weighted by Crippen LogP contribution is 2.15. The van der Waals surface area contributed by atoms with Gasteiger partial charge in [0.25, 0.3) is 0 Å². The summed E-state index contributed by atoms with van der Waals surface area (Å²) in [6, 6.07) is 4.46. The van der Waals surface area contributed by atoms with E-state index in [9.17, 15) is 26.4 Å². The number of hydrogen-bond donors (Lipinski definition) is 3. The Hall–Kier alpha value is -1.81. The third-order valence-electron chi connectivity index (χ3n) is 1.76. The minimum absolute atomic E-state index is 0.0694. The second-order valence-corrected chi connectivity index (χ2v) is 4.71. The lowest BCUT2D eigenvalue weighted by Crippen LogP contribution is -2.40. The topological polar surface area (TPSA) is 101 Å². The molecule has 1 amide bonds. The van der Waals surface area contributed by atoms with E-state index in [1.54, 1.807) is 0 Å². The van der Waals surface area contributed by atoms with Gasteiger partial charge in [-0.2, -0.15) is 13.2 Å². The first-order valence-corrected chi connectivity index (χ1v) is 5.91. The maximum atomic E-state index is 11.8. The Morgan fingerprint density at radius 2 is 1.67 bits per heavy atom. The van der Waals surface area contributed by atoms with Gasteiger partial charge in [0.1, 0.15) is 0 Å². The lowest BCUT2D eigenvalue weighted by atomic mass is 10.3. The van der Waals surface area contributed by atoms with Crippen LogP contribution in [-0.2, 0) is 14.8 Å². The molecule has 0 aliphatic rings. The number of carbonyl (C=O) groups excluding carboxylic acids is 1. The zero-order valence-corrected chi connectivity index (χ0v) is 9.47. The second kappa shape index (κ2) is 4.82. The first-order valence-electron chi connectivity index (χ1n) is 4.37. The van der Waals surface area contributed by atoms with E-state index in [2.05, 4.69) is 0 Å². The lowest BCUT2D eigenvalue weighted by molar-refractivity contribution is -0.173. The zero-order chi connectivity index (χ0) is 14.0. The Labute approximate surface area is 100.0 Å². The Balaban J connectivity index is 2.69. The van der Waals surface area contributed by atoms with Crippen molar-refractivity contribution >= 4 is 21.6 Å². The minimum Gasteiger partial charge on any atom is -0.298 e. The number of hydrogen-bond acceptors (Lipinski definition) is 4. The number of nitrogens with one attached hydrogen (secondary N) is 2. The van der Waals surface area contributed by atoms with Crippen molar-refractivity contribution in [2.24, 2.45) is 5.14 Å². The van der Waals surface area contributed by atoms with Gasteiger partial charge in [0.05, 0.1) is 10.6 Å². The van der Waals surface area contributed by atoms with Crippen LogP contribution in [0, 0.1) is 0 Å². The second-order valence-electron chi connectivity index (χ2n) is 3.15. The molecule has 1 aromatic carbocycles. The van der Waals surface area contributed by atoms with E-state index in [0.717, 1.165) is 24.3 Å². The molecule has 0 aliphatic heterocycles. The van der Waals surface area contributed by atoms with E-state index >= 15 is 0 Å². The van der Waals surface area contributed by atoms with Gasteiger partial charge in [0, 0.05) is 0 Å². The van der Waals surface area contributed by atoms with Crippen LogP contribution in [0.3, 0.4) is 0 Å². The predicted molar refractivity (Wildman–Crippen MR) is 55.6 cm³/mol. The van der Waals surface area contributed by atoms with Gasteiger partial charge >= 0.3 is 12.1 Å². The maximum Gasteiger partial charge on any atom is 0.472 e. The standard InChI is InChI=1S/C8H8F3N3O3S/c9-8(10,11)7(15)14-13-5-1-3-6(4-2-5)18(12,16)17/h1-4,13H,(H,14,15)(H2,12,16,17). The predicted octanol–water partition coefficient (Wildman–Crippen LogP) is 0.339. The summed E-state index contributed by atoms with van der Waals surface area (Å²) >= 11 is 0. The summed E-state index contributed by atoms with van der Waals surface area (Å²) in [6.45, 7) is 0. The molecule has 0 saturated carbocycles. The fraction of sp³-hybridized carbons (Fsp3) is 0.125. The highest BCUT2D eigenvalue weighted by Gasteiger charge is 2.38. The van der Waals surface area contributed by atoms with Crippen LogP contribution < -0.4 is 16.0 Å². The van der Waals surface area contributed by atoms with Gasteiger partial charge in [-0.1, -0.05) is 0 Å². The first-order chi connectivity index (χ1) is 8.10. The van der Waals surface area contributed by atoms with Gasteiger partial charge in [-0.15, -0.1) is 0 Å². The van der Waals surface area contributed by atoms with Gasteiger partial charge in [-0.05, 0) is 24.3 Å². The number of alkyl halides is 3. The van der Waals surface area contributed by atoms with E-state index in [1.807, 2.05) is 5.43 Å². The monoisotopic (exact) mass is 283 g/mol. The van der Waals surface area contributed by atoms with Crippen molar-refractivity contribution in [1.29, 1.82) is 0 Å². The van der Waals surface area contributed by atoms with Gasteiger partial charge in [-0.25, -0.2) is 13.6 Å². The van der Waals surface area contributed by atoms with Crippen molar-refractivity contribution < 1.29 is 26.4 Å². The van der Waals surface area contributed by atoms with E-state index in [1.165, 1.54) is 5.43 Å². The molecule has 0 fully saturated rings. The van der Waals surface area contributed by atoms with Crippen molar-refractivity contribution in [2.45, 2.75) is 11.1 Å². The van der Waals surface area contributed by atoms with Gasteiger partial charge in [0.15, 0.2) is 0 Å². The highest BCUT2D eigenvalue weighted by molar-refractivity contribution is 7.89. The summed E-state index contributed by atoms with van der Waals surface area (Å²) in [5.74, 6) is -2.17. The fourth-order valence-corrected chi connectivity index (χ4v) is 1.44. The first kappa shape index (κ1) is 14.3. The molecule has 1 rings (SSSR count). The lowest BCUT2D eigenvalue weighted by Gasteiger charge is -2.10. The number of amides is 1. The molecule has 0 heterocycles. The molecule has 18 heavy (non-hydrogen) atoms. The molecule has 6 nitrogen and oxygen atoms in total. The number of hydrazine groups is 1. The number of rotatable bonds is 3. The summed E-state index contributed by atoms with van der Waals surface area (Å²) < 4.78 is 57.2. The number of benzene rings is 1. The summed E-state index contributed by atoms with van der Waals surface area (Å²) in [7, 11) is -3.87.